The minimum absolute atomic E-state index is 0.889. The van der Waals surface area contributed by atoms with Crippen molar-refractivity contribution in [2.75, 3.05) is 0 Å². The molecule has 218 valence electrons. The summed E-state index contributed by atoms with van der Waals surface area (Å²) in [5, 5.41) is 7.58. The van der Waals surface area contributed by atoms with Gasteiger partial charge in [-0.3, -0.25) is 0 Å². The molecule has 0 N–H and O–H groups in total. The Bertz CT molecular complexity index is 2850. The summed E-state index contributed by atoms with van der Waals surface area (Å²) in [5.74, 6) is 0. The fourth-order valence-corrected chi connectivity index (χ4v) is 6.96. The number of fused-ring (bicyclic) bond motifs is 10. The fraction of sp³-hybridized carbons (Fsp3) is 0. The molecule has 4 heteroatoms. The minimum Gasteiger partial charge on any atom is -0.455 e. The summed E-state index contributed by atoms with van der Waals surface area (Å²) in [6, 6.07) is 52.4. The lowest BCUT2D eigenvalue weighted by Crippen LogP contribution is -1.92. The Morgan fingerprint density at radius 3 is 1.83 bits per heavy atom. The molecule has 0 saturated heterocycles. The number of hydrogen-bond donors (Lipinski definition) is 0. The third-order valence-electron chi connectivity index (χ3n) is 9.23. The van der Waals surface area contributed by atoms with Crippen LogP contribution in [-0.4, -0.2) is 15.0 Å². The van der Waals surface area contributed by atoms with E-state index in [1.807, 2.05) is 36.4 Å². The highest BCUT2D eigenvalue weighted by Crippen LogP contribution is 2.41. The number of hydrogen-bond acceptors (Lipinski definition) is 4. The number of pyridine rings is 3. The molecular weight excluding hydrogens is 574 g/mol. The second kappa shape index (κ2) is 10.1. The summed E-state index contributed by atoms with van der Waals surface area (Å²) in [4.78, 5) is 15.5. The average molecular weight is 600 g/mol. The number of nitrogens with zero attached hydrogens (tertiary/aromatic N) is 3. The van der Waals surface area contributed by atoms with Crippen LogP contribution < -0.4 is 0 Å². The van der Waals surface area contributed by atoms with E-state index in [1.54, 1.807) is 0 Å². The summed E-state index contributed by atoms with van der Waals surface area (Å²) >= 11 is 0. The van der Waals surface area contributed by atoms with Gasteiger partial charge in [0.2, 0.25) is 0 Å². The molecule has 0 amide bonds. The van der Waals surface area contributed by atoms with E-state index in [2.05, 4.69) is 115 Å². The van der Waals surface area contributed by atoms with Crippen LogP contribution in [0.1, 0.15) is 0 Å². The van der Waals surface area contributed by atoms with Crippen molar-refractivity contribution in [3.8, 4) is 33.8 Å². The van der Waals surface area contributed by atoms with Crippen molar-refractivity contribution < 1.29 is 4.42 Å². The molecule has 0 atom stereocenters. The van der Waals surface area contributed by atoms with E-state index in [0.29, 0.717) is 0 Å². The maximum Gasteiger partial charge on any atom is 0.144 e. The van der Waals surface area contributed by atoms with E-state index in [4.69, 9.17) is 19.4 Å². The molecule has 4 heterocycles. The predicted molar refractivity (Wildman–Crippen MR) is 193 cm³/mol. The van der Waals surface area contributed by atoms with E-state index < -0.39 is 0 Å². The lowest BCUT2D eigenvalue weighted by atomic mass is 9.96. The average Bonchev–Trinajstić information content (AvgIpc) is 3.53. The van der Waals surface area contributed by atoms with Crippen LogP contribution in [0.3, 0.4) is 0 Å². The SMILES string of the molecule is c1ccc(-c2ccc3ccc4ccc(-c5cccc(-c6nc7ccccc7c7c6ccc6c8ccccc8oc67)c5)nc4c3n2)cc1. The zero-order valence-electron chi connectivity index (χ0n) is 25.2. The summed E-state index contributed by atoms with van der Waals surface area (Å²) in [5.41, 5.74) is 10.4. The highest BCUT2D eigenvalue weighted by molar-refractivity contribution is 6.24. The van der Waals surface area contributed by atoms with E-state index >= 15 is 0 Å². The zero-order valence-corrected chi connectivity index (χ0v) is 25.2. The fourth-order valence-electron chi connectivity index (χ4n) is 6.96. The van der Waals surface area contributed by atoms with Gasteiger partial charge in [0.1, 0.15) is 11.2 Å². The first-order valence-corrected chi connectivity index (χ1v) is 15.8. The molecule has 10 rings (SSSR count). The molecule has 6 aromatic carbocycles. The molecule has 0 fully saturated rings. The van der Waals surface area contributed by atoms with Gasteiger partial charge >= 0.3 is 0 Å². The Labute approximate surface area is 269 Å². The molecule has 0 aliphatic carbocycles. The van der Waals surface area contributed by atoms with Crippen LogP contribution in [0.15, 0.2) is 156 Å². The van der Waals surface area contributed by atoms with Gasteiger partial charge in [0.05, 0.1) is 33.6 Å². The van der Waals surface area contributed by atoms with Gasteiger partial charge in [0.25, 0.3) is 0 Å². The number of rotatable bonds is 3. The van der Waals surface area contributed by atoms with Crippen LogP contribution in [-0.2, 0) is 0 Å². The van der Waals surface area contributed by atoms with E-state index in [9.17, 15) is 0 Å². The number of furan rings is 1. The number of benzene rings is 6. The lowest BCUT2D eigenvalue weighted by Gasteiger charge is -2.12. The van der Waals surface area contributed by atoms with Gasteiger partial charge in [-0.15, -0.1) is 0 Å². The van der Waals surface area contributed by atoms with Gasteiger partial charge in [-0.1, -0.05) is 115 Å². The van der Waals surface area contributed by atoms with Crippen molar-refractivity contribution in [3.05, 3.63) is 152 Å². The Hall–Kier alpha value is -6.39. The van der Waals surface area contributed by atoms with Crippen molar-refractivity contribution in [2.45, 2.75) is 0 Å². The Kier molecular flexibility index (Phi) is 5.54. The van der Waals surface area contributed by atoms with Crippen LogP contribution in [0.4, 0.5) is 0 Å². The predicted octanol–water partition coefficient (Wildman–Crippen LogP) is 11.4. The van der Waals surface area contributed by atoms with Gasteiger partial charge in [-0.05, 0) is 36.4 Å². The van der Waals surface area contributed by atoms with E-state index in [1.165, 1.54) is 0 Å². The van der Waals surface area contributed by atoms with Gasteiger partial charge in [-0.25, -0.2) is 15.0 Å². The molecule has 0 saturated carbocycles. The summed E-state index contributed by atoms with van der Waals surface area (Å²) in [6.07, 6.45) is 0. The zero-order chi connectivity index (χ0) is 30.9. The monoisotopic (exact) mass is 599 g/mol. The summed E-state index contributed by atoms with van der Waals surface area (Å²) in [7, 11) is 0. The van der Waals surface area contributed by atoms with Crippen molar-refractivity contribution >= 4 is 65.4 Å². The molecular formula is C43H25N3O. The number of aromatic nitrogens is 3. The van der Waals surface area contributed by atoms with Crippen LogP contribution in [0, 0.1) is 0 Å². The van der Waals surface area contributed by atoms with Gasteiger partial charge in [0, 0.05) is 54.4 Å². The van der Waals surface area contributed by atoms with Crippen LogP contribution >= 0.6 is 0 Å². The molecule has 47 heavy (non-hydrogen) atoms. The third kappa shape index (κ3) is 4.05. The van der Waals surface area contributed by atoms with Crippen molar-refractivity contribution in [2.24, 2.45) is 0 Å². The molecule has 0 aliphatic heterocycles. The smallest absolute Gasteiger partial charge is 0.144 e. The van der Waals surface area contributed by atoms with Crippen LogP contribution in [0.2, 0.25) is 0 Å². The van der Waals surface area contributed by atoms with Gasteiger partial charge in [0.15, 0.2) is 0 Å². The normalized spacial score (nSPS) is 11.8. The van der Waals surface area contributed by atoms with Crippen molar-refractivity contribution in [3.63, 3.8) is 0 Å². The first-order valence-electron chi connectivity index (χ1n) is 15.8. The Morgan fingerprint density at radius 2 is 1.02 bits per heavy atom. The van der Waals surface area contributed by atoms with Gasteiger partial charge in [-0.2, -0.15) is 0 Å². The van der Waals surface area contributed by atoms with Crippen molar-refractivity contribution in [1.29, 1.82) is 0 Å². The molecule has 0 unspecified atom stereocenters. The Morgan fingerprint density at radius 1 is 0.404 bits per heavy atom. The lowest BCUT2D eigenvalue weighted by molar-refractivity contribution is 0.673. The standard InChI is InChI=1S/C43H25N3O/c1-2-9-26(10-3-1)35-23-19-27-17-18-28-20-24-36(45-42(28)41(27)44-35)29-11-8-12-30(25-29)40-34-22-21-32-31-13-5-7-16-38(31)47-43(32)39(34)33-14-4-6-15-37(33)46-40/h1-25H. The van der Waals surface area contributed by atoms with Crippen LogP contribution in [0.5, 0.6) is 0 Å². The highest BCUT2D eigenvalue weighted by Gasteiger charge is 2.18. The molecule has 0 radical (unpaired) electrons. The minimum atomic E-state index is 0.889. The molecule has 4 nitrogen and oxygen atoms in total. The second-order valence-electron chi connectivity index (χ2n) is 12.0. The maximum absolute atomic E-state index is 6.53. The first-order chi connectivity index (χ1) is 23.3. The molecule has 0 spiro atoms. The van der Waals surface area contributed by atoms with E-state index in [0.717, 1.165) is 99.2 Å². The summed E-state index contributed by atoms with van der Waals surface area (Å²) in [6.45, 7) is 0. The maximum atomic E-state index is 6.53. The molecule has 4 aromatic heterocycles. The third-order valence-corrected chi connectivity index (χ3v) is 9.23. The number of para-hydroxylation sites is 2. The molecule has 0 bridgehead atoms. The second-order valence-corrected chi connectivity index (χ2v) is 12.0. The van der Waals surface area contributed by atoms with Crippen molar-refractivity contribution in [1.82, 2.24) is 15.0 Å². The van der Waals surface area contributed by atoms with E-state index in [-0.39, 0.29) is 0 Å². The van der Waals surface area contributed by atoms with Gasteiger partial charge < -0.3 is 4.42 Å². The molecule has 0 aliphatic rings. The largest absolute Gasteiger partial charge is 0.455 e. The molecule has 10 aromatic rings. The highest BCUT2D eigenvalue weighted by atomic mass is 16.3. The van der Waals surface area contributed by atoms with Crippen LogP contribution in [0.25, 0.3) is 99.2 Å². The Balaban J connectivity index is 1.17. The summed E-state index contributed by atoms with van der Waals surface area (Å²) < 4.78 is 6.53. The quantitative estimate of drug-likeness (QED) is 0.190. The first kappa shape index (κ1) is 25.9. The topological polar surface area (TPSA) is 51.8 Å².